The van der Waals surface area contributed by atoms with Crippen LogP contribution in [0.15, 0.2) is 57.4 Å². The molecule has 0 aliphatic carbocycles. The number of esters is 2. The second kappa shape index (κ2) is 10.4. The lowest BCUT2D eigenvalue weighted by Crippen LogP contribution is -2.22. The van der Waals surface area contributed by atoms with Crippen LogP contribution in [0.1, 0.15) is 27.6 Å². The molecule has 0 saturated heterocycles. The van der Waals surface area contributed by atoms with Crippen molar-refractivity contribution in [3.8, 4) is 11.3 Å². The van der Waals surface area contributed by atoms with Crippen molar-refractivity contribution in [2.24, 2.45) is 0 Å². The maximum absolute atomic E-state index is 12.5. The van der Waals surface area contributed by atoms with Gasteiger partial charge in [0.25, 0.3) is 5.91 Å². The zero-order valence-corrected chi connectivity index (χ0v) is 19.2. The minimum atomic E-state index is -3.75. The van der Waals surface area contributed by atoms with Gasteiger partial charge in [-0.2, -0.15) is 0 Å². The van der Waals surface area contributed by atoms with E-state index >= 15 is 0 Å². The number of rotatable bonds is 9. The molecule has 10 nitrogen and oxygen atoms in total. The number of ether oxygens (including phenoxy) is 2. The number of thiophene rings is 1. The Morgan fingerprint density at radius 1 is 1.09 bits per heavy atom. The number of carbonyl (C=O) groups is 3. The van der Waals surface area contributed by atoms with E-state index in [9.17, 15) is 22.8 Å². The Kier molecular flexibility index (Phi) is 7.63. The fraction of sp³-hybridized carbons (Fsp3) is 0.190. The fourth-order valence-electron chi connectivity index (χ4n) is 2.75. The van der Waals surface area contributed by atoms with Crippen LogP contribution in [0, 0.1) is 0 Å². The van der Waals surface area contributed by atoms with Crippen molar-refractivity contribution < 1.29 is 36.7 Å². The molecule has 12 heteroatoms. The molecular weight excluding hydrogens is 472 g/mol. The second-order valence-electron chi connectivity index (χ2n) is 6.41. The Labute approximate surface area is 193 Å². The van der Waals surface area contributed by atoms with Crippen LogP contribution >= 0.6 is 11.3 Å². The molecule has 0 aliphatic heterocycles. The van der Waals surface area contributed by atoms with Crippen molar-refractivity contribution in [2.75, 3.05) is 25.6 Å². The molecule has 1 aromatic carbocycles. The van der Waals surface area contributed by atoms with E-state index in [2.05, 4.69) is 10.0 Å². The topological polar surface area (TPSA) is 141 Å². The van der Waals surface area contributed by atoms with Crippen molar-refractivity contribution in [2.45, 2.75) is 11.8 Å². The van der Waals surface area contributed by atoms with Crippen molar-refractivity contribution in [1.82, 2.24) is 4.72 Å². The first-order valence-electron chi connectivity index (χ1n) is 9.60. The van der Waals surface area contributed by atoms with Gasteiger partial charge in [0.2, 0.25) is 10.0 Å². The van der Waals surface area contributed by atoms with Crippen LogP contribution in [-0.2, 0) is 24.3 Å². The Hall–Kier alpha value is -3.48. The van der Waals surface area contributed by atoms with Crippen molar-refractivity contribution >= 4 is 44.2 Å². The summed E-state index contributed by atoms with van der Waals surface area (Å²) in [6, 6.07) is 8.54. The predicted molar refractivity (Wildman–Crippen MR) is 120 cm³/mol. The van der Waals surface area contributed by atoms with Gasteiger partial charge in [-0.05, 0) is 44.3 Å². The molecule has 0 atom stereocenters. The Balaban J connectivity index is 1.71. The van der Waals surface area contributed by atoms with Crippen molar-refractivity contribution in [3.63, 3.8) is 0 Å². The summed E-state index contributed by atoms with van der Waals surface area (Å²) >= 11 is 1.09. The molecule has 0 unspecified atom stereocenters. The number of carbonyl (C=O) groups excluding carboxylic acids is 3. The van der Waals surface area contributed by atoms with Crippen LogP contribution in [0.25, 0.3) is 11.3 Å². The first-order chi connectivity index (χ1) is 15.8. The minimum absolute atomic E-state index is 0.0393. The quantitative estimate of drug-likeness (QED) is 0.435. The van der Waals surface area contributed by atoms with E-state index in [1.165, 1.54) is 31.5 Å². The molecule has 0 radical (unpaired) electrons. The first-order valence-corrected chi connectivity index (χ1v) is 12.0. The minimum Gasteiger partial charge on any atom is -0.464 e. The van der Waals surface area contributed by atoms with Crippen LogP contribution in [0.5, 0.6) is 0 Å². The van der Waals surface area contributed by atoms with Crippen LogP contribution in [0.3, 0.4) is 0 Å². The van der Waals surface area contributed by atoms with Crippen LogP contribution in [0.2, 0.25) is 0 Å². The van der Waals surface area contributed by atoms with Gasteiger partial charge in [-0.1, -0.05) is 6.07 Å². The number of amides is 1. The fourth-order valence-corrected chi connectivity index (χ4v) is 4.48. The van der Waals surface area contributed by atoms with E-state index in [-0.39, 0.29) is 27.6 Å². The average molecular weight is 493 g/mol. The van der Waals surface area contributed by atoms with Gasteiger partial charge in [0.05, 0.1) is 23.3 Å². The molecule has 2 N–H and O–H groups in total. The second-order valence-corrected chi connectivity index (χ2v) is 9.18. The monoisotopic (exact) mass is 492 g/mol. The third kappa shape index (κ3) is 5.66. The zero-order valence-electron chi connectivity index (χ0n) is 17.6. The lowest BCUT2D eigenvalue weighted by atomic mass is 10.1. The molecule has 2 heterocycles. The van der Waals surface area contributed by atoms with Crippen molar-refractivity contribution in [1.29, 1.82) is 0 Å². The van der Waals surface area contributed by atoms with E-state index < -0.39 is 34.5 Å². The standard InChI is InChI=1S/C21H20N2O8S2/c1-3-29-21(26)18-15(16-8-5-9-30-16)12-32-19(18)23-17(24)11-31-20(25)13-6-4-7-14(10-13)33(27,28)22-2/h4-10,12,22H,3,11H2,1-2H3,(H,23,24). The van der Waals surface area contributed by atoms with Crippen LogP contribution < -0.4 is 10.0 Å². The molecule has 0 bridgehead atoms. The highest BCUT2D eigenvalue weighted by Crippen LogP contribution is 2.36. The molecule has 3 rings (SSSR count). The third-order valence-electron chi connectivity index (χ3n) is 4.29. The van der Waals surface area contributed by atoms with Gasteiger partial charge in [0.1, 0.15) is 16.3 Å². The SMILES string of the molecule is CCOC(=O)c1c(-c2ccco2)csc1NC(=O)COC(=O)c1cccc(S(=O)(=O)NC)c1. The Morgan fingerprint density at radius 2 is 1.88 bits per heavy atom. The maximum atomic E-state index is 12.5. The lowest BCUT2D eigenvalue weighted by molar-refractivity contribution is -0.119. The molecule has 0 saturated carbocycles. The maximum Gasteiger partial charge on any atom is 0.341 e. The van der Waals surface area contributed by atoms with Gasteiger partial charge >= 0.3 is 11.9 Å². The number of hydrogen-bond acceptors (Lipinski definition) is 9. The number of benzene rings is 1. The van der Waals surface area contributed by atoms with E-state index in [0.717, 1.165) is 17.4 Å². The number of hydrogen-bond donors (Lipinski definition) is 2. The largest absolute Gasteiger partial charge is 0.464 e. The lowest BCUT2D eigenvalue weighted by Gasteiger charge is -2.09. The average Bonchev–Trinajstić information content (AvgIpc) is 3.47. The van der Waals surface area contributed by atoms with E-state index in [0.29, 0.717) is 11.3 Å². The summed E-state index contributed by atoms with van der Waals surface area (Å²) in [5.74, 6) is -1.79. The molecule has 3 aromatic rings. The van der Waals surface area contributed by atoms with Gasteiger partial charge < -0.3 is 19.2 Å². The summed E-state index contributed by atoms with van der Waals surface area (Å²) in [5, 5.41) is 4.39. The Bertz CT molecular complexity index is 1260. The van der Waals surface area contributed by atoms with Gasteiger partial charge in [-0.3, -0.25) is 4.79 Å². The first kappa shape index (κ1) is 24.2. The van der Waals surface area contributed by atoms with E-state index in [1.807, 2.05) is 0 Å². The highest BCUT2D eigenvalue weighted by Gasteiger charge is 2.24. The Morgan fingerprint density at radius 3 is 2.55 bits per heavy atom. The zero-order chi connectivity index (χ0) is 24.0. The molecule has 33 heavy (non-hydrogen) atoms. The highest BCUT2D eigenvalue weighted by atomic mass is 32.2. The molecule has 0 aliphatic rings. The smallest absolute Gasteiger partial charge is 0.341 e. The molecule has 1 amide bonds. The van der Waals surface area contributed by atoms with Gasteiger partial charge in [-0.15, -0.1) is 11.3 Å². The number of furan rings is 1. The predicted octanol–water partition coefficient (Wildman–Crippen LogP) is 2.89. The summed E-state index contributed by atoms with van der Waals surface area (Å²) in [4.78, 5) is 37.0. The van der Waals surface area contributed by atoms with Gasteiger partial charge in [-0.25, -0.2) is 22.7 Å². The summed E-state index contributed by atoms with van der Waals surface area (Å²) in [7, 11) is -2.50. The number of sulfonamides is 1. The van der Waals surface area contributed by atoms with E-state index in [1.54, 1.807) is 24.4 Å². The summed E-state index contributed by atoms with van der Waals surface area (Å²) in [6.07, 6.45) is 1.45. The summed E-state index contributed by atoms with van der Waals surface area (Å²) < 4.78 is 41.4. The third-order valence-corrected chi connectivity index (χ3v) is 6.60. The molecule has 0 fully saturated rings. The van der Waals surface area contributed by atoms with Gasteiger partial charge in [0.15, 0.2) is 6.61 Å². The van der Waals surface area contributed by atoms with Crippen LogP contribution in [-0.4, -0.2) is 46.5 Å². The summed E-state index contributed by atoms with van der Waals surface area (Å²) in [5.41, 5.74) is 0.544. The highest BCUT2D eigenvalue weighted by molar-refractivity contribution is 7.89. The number of nitrogens with one attached hydrogen (secondary N) is 2. The van der Waals surface area contributed by atoms with Crippen molar-refractivity contribution in [3.05, 3.63) is 59.2 Å². The normalized spacial score (nSPS) is 11.1. The van der Waals surface area contributed by atoms with Gasteiger partial charge in [0, 0.05) is 10.9 Å². The molecule has 174 valence electrons. The van der Waals surface area contributed by atoms with Crippen LogP contribution in [0.4, 0.5) is 5.00 Å². The molecular formula is C21H20N2O8S2. The molecule has 0 spiro atoms. The van der Waals surface area contributed by atoms with E-state index in [4.69, 9.17) is 13.9 Å². The summed E-state index contributed by atoms with van der Waals surface area (Å²) in [6.45, 7) is 1.14. The molecule has 2 aromatic heterocycles. The number of anilines is 1.